The lowest BCUT2D eigenvalue weighted by Gasteiger charge is -2.33. The molecule has 1 amide bonds. The van der Waals surface area contributed by atoms with Gasteiger partial charge in [-0.2, -0.15) is 0 Å². The van der Waals surface area contributed by atoms with Crippen LogP contribution in [-0.4, -0.2) is 49.0 Å². The Morgan fingerprint density at radius 3 is 2.48 bits per heavy atom. The number of allylic oxidation sites excluding steroid dienone is 6. The fraction of sp³-hybridized carbons (Fsp3) is 0.227. The standard InChI is InChI=1S/C22H23N3O2/c1-27-21-9-5-17(6-10-21)18-3-2-4-19-7-8-20(16-25(19)22(26)15-18)24-13-11-23-12-14-24/h2-10,15-16,23H,11-14H2,1H3/b3-2+,18-15+,19-4+. The minimum absolute atomic E-state index is 0.0478. The van der Waals surface area contributed by atoms with Gasteiger partial charge in [-0.1, -0.05) is 24.3 Å². The third-order valence-corrected chi connectivity index (χ3v) is 4.93. The van der Waals surface area contributed by atoms with E-state index in [9.17, 15) is 4.79 Å². The summed E-state index contributed by atoms with van der Waals surface area (Å²) in [6.45, 7) is 3.83. The Balaban J connectivity index is 1.63. The lowest BCUT2D eigenvalue weighted by atomic mass is 10.0. The monoisotopic (exact) mass is 361 g/mol. The van der Waals surface area contributed by atoms with E-state index in [-0.39, 0.29) is 5.91 Å². The molecule has 3 aliphatic heterocycles. The van der Waals surface area contributed by atoms with Crippen LogP contribution in [-0.2, 0) is 4.79 Å². The van der Waals surface area contributed by atoms with Crippen molar-refractivity contribution in [3.63, 3.8) is 0 Å². The summed E-state index contributed by atoms with van der Waals surface area (Å²) in [4.78, 5) is 17.0. The number of hydrogen-bond acceptors (Lipinski definition) is 4. The van der Waals surface area contributed by atoms with E-state index in [1.807, 2.05) is 54.8 Å². The van der Waals surface area contributed by atoms with Crippen LogP contribution < -0.4 is 10.1 Å². The second-order valence-electron chi connectivity index (χ2n) is 6.61. The van der Waals surface area contributed by atoms with Crippen molar-refractivity contribution >= 4 is 11.5 Å². The molecule has 27 heavy (non-hydrogen) atoms. The highest BCUT2D eigenvalue weighted by Gasteiger charge is 2.21. The van der Waals surface area contributed by atoms with Crippen molar-refractivity contribution in [1.29, 1.82) is 0 Å². The Labute approximate surface area is 159 Å². The largest absolute Gasteiger partial charge is 0.497 e. The molecular weight excluding hydrogens is 338 g/mol. The van der Waals surface area contributed by atoms with E-state index in [0.29, 0.717) is 0 Å². The molecule has 0 bridgehead atoms. The van der Waals surface area contributed by atoms with Gasteiger partial charge in [0.05, 0.1) is 12.8 Å². The minimum Gasteiger partial charge on any atom is -0.497 e. The van der Waals surface area contributed by atoms with Crippen LogP contribution >= 0.6 is 0 Å². The number of piperazine rings is 1. The molecule has 0 unspecified atom stereocenters. The van der Waals surface area contributed by atoms with Gasteiger partial charge in [0, 0.05) is 44.2 Å². The van der Waals surface area contributed by atoms with E-state index >= 15 is 0 Å². The average Bonchev–Trinajstić information content (AvgIpc) is 2.72. The lowest BCUT2D eigenvalue weighted by Crippen LogP contribution is -2.43. The molecule has 3 heterocycles. The van der Waals surface area contributed by atoms with Crippen LogP contribution in [0, 0.1) is 0 Å². The normalized spacial score (nSPS) is 24.6. The number of carbonyl (C=O) groups excluding carboxylic acids is 1. The van der Waals surface area contributed by atoms with Crippen molar-refractivity contribution in [1.82, 2.24) is 15.1 Å². The van der Waals surface area contributed by atoms with Gasteiger partial charge in [0.15, 0.2) is 0 Å². The first kappa shape index (κ1) is 17.4. The van der Waals surface area contributed by atoms with Crippen molar-refractivity contribution in [2.75, 3.05) is 33.3 Å². The van der Waals surface area contributed by atoms with E-state index in [4.69, 9.17) is 4.74 Å². The van der Waals surface area contributed by atoms with Gasteiger partial charge >= 0.3 is 0 Å². The maximum absolute atomic E-state index is 13.0. The molecule has 1 saturated heterocycles. The molecule has 0 atom stereocenters. The van der Waals surface area contributed by atoms with Gasteiger partial charge in [0.25, 0.3) is 5.91 Å². The van der Waals surface area contributed by atoms with Gasteiger partial charge in [-0.15, -0.1) is 0 Å². The van der Waals surface area contributed by atoms with E-state index in [1.165, 1.54) is 0 Å². The Bertz CT molecular complexity index is 869. The fourth-order valence-corrected chi connectivity index (χ4v) is 3.40. The van der Waals surface area contributed by atoms with Crippen molar-refractivity contribution in [3.05, 3.63) is 83.9 Å². The molecule has 138 valence electrons. The fourth-order valence-electron chi connectivity index (χ4n) is 3.40. The van der Waals surface area contributed by atoms with Gasteiger partial charge in [-0.05, 0) is 41.5 Å². The molecule has 1 N–H and O–H groups in total. The Kier molecular flexibility index (Phi) is 4.94. The lowest BCUT2D eigenvalue weighted by molar-refractivity contribution is -0.122. The number of nitrogens with one attached hydrogen (secondary N) is 1. The molecule has 0 aromatic heterocycles. The van der Waals surface area contributed by atoms with E-state index in [2.05, 4.69) is 16.3 Å². The number of nitrogens with zero attached hydrogens (tertiary/aromatic N) is 2. The number of fused-ring (bicyclic) bond motifs is 1. The first-order chi connectivity index (χ1) is 13.2. The van der Waals surface area contributed by atoms with Crippen molar-refractivity contribution in [2.24, 2.45) is 0 Å². The summed E-state index contributed by atoms with van der Waals surface area (Å²) < 4.78 is 5.22. The third kappa shape index (κ3) is 3.73. The number of carbonyl (C=O) groups is 1. The predicted molar refractivity (Wildman–Crippen MR) is 107 cm³/mol. The zero-order chi connectivity index (χ0) is 18.6. The number of rotatable bonds is 3. The highest BCUT2D eigenvalue weighted by molar-refractivity contribution is 5.99. The summed E-state index contributed by atoms with van der Waals surface area (Å²) in [6, 6.07) is 7.74. The third-order valence-electron chi connectivity index (χ3n) is 4.93. The van der Waals surface area contributed by atoms with Gasteiger partial charge < -0.3 is 15.0 Å². The second kappa shape index (κ2) is 7.68. The zero-order valence-corrected chi connectivity index (χ0v) is 15.4. The van der Waals surface area contributed by atoms with Crippen LogP contribution in [0.2, 0.25) is 0 Å². The SMILES string of the molecule is COc1ccc(C2=C\C(=O)N3C=C(N4CCNCC4)C=C\C3=C/C=C/2)cc1. The molecule has 5 nitrogen and oxygen atoms in total. The van der Waals surface area contributed by atoms with Crippen molar-refractivity contribution in [2.45, 2.75) is 0 Å². The average molecular weight is 361 g/mol. The Morgan fingerprint density at radius 1 is 1.00 bits per heavy atom. The molecule has 1 aromatic carbocycles. The van der Waals surface area contributed by atoms with Crippen LogP contribution in [0.3, 0.4) is 0 Å². The quantitative estimate of drug-likeness (QED) is 0.899. The summed E-state index contributed by atoms with van der Waals surface area (Å²) in [6.07, 6.45) is 13.6. The number of amides is 1. The van der Waals surface area contributed by atoms with Gasteiger partial charge in [0.2, 0.25) is 0 Å². The second-order valence-corrected chi connectivity index (χ2v) is 6.61. The first-order valence-electron chi connectivity index (χ1n) is 9.18. The number of hydrogen-bond donors (Lipinski definition) is 1. The molecular formula is C22H23N3O2. The topological polar surface area (TPSA) is 44.8 Å². The molecule has 3 aliphatic rings. The zero-order valence-electron chi connectivity index (χ0n) is 15.4. The molecule has 0 saturated carbocycles. The molecule has 0 aliphatic carbocycles. The highest BCUT2D eigenvalue weighted by atomic mass is 16.5. The maximum Gasteiger partial charge on any atom is 0.255 e. The summed E-state index contributed by atoms with van der Waals surface area (Å²) in [5.74, 6) is 0.751. The van der Waals surface area contributed by atoms with Crippen molar-refractivity contribution in [3.8, 4) is 5.75 Å². The molecule has 1 fully saturated rings. The van der Waals surface area contributed by atoms with E-state index in [0.717, 1.165) is 54.5 Å². The van der Waals surface area contributed by atoms with E-state index < -0.39 is 0 Å². The Morgan fingerprint density at radius 2 is 1.74 bits per heavy atom. The smallest absolute Gasteiger partial charge is 0.255 e. The number of benzene rings is 1. The van der Waals surface area contributed by atoms with Gasteiger partial charge in [-0.3, -0.25) is 9.69 Å². The summed E-state index contributed by atoms with van der Waals surface area (Å²) >= 11 is 0. The maximum atomic E-state index is 13.0. The van der Waals surface area contributed by atoms with Crippen LogP contribution in [0.25, 0.3) is 5.57 Å². The summed E-state index contributed by atoms with van der Waals surface area (Å²) in [5.41, 5.74) is 3.81. The molecule has 5 heteroatoms. The van der Waals surface area contributed by atoms with Crippen LogP contribution in [0.1, 0.15) is 5.56 Å². The minimum atomic E-state index is -0.0478. The van der Waals surface area contributed by atoms with Gasteiger partial charge in [0.1, 0.15) is 5.75 Å². The first-order valence-corrected chi connectivity index (χ1v) is 9.18. The highest BCUT2D eigenvalue weighted by Crippen LogP contribution is 2.26. The van der Waals surface area contributed by atoms with Crippen LogP contribution in [0.15, 0.2) is 78.3 Å². The van der Waals surface area contributed by atoms with E-state index in [1.54, 1.807) is 18.1 Å². The molecule has 0 radical (unpaired) electrons. The van der Waals surface area contributed by atoms with Crippen LogP contribution in [0.4, 0.5) is 0 Å². The summed E-state index contributed by atoms with van der Waals surface area (Å²) in [5, 5.41) is 3.36. The number of methoxy groups -OCH3 is 1. The van der Waals surface area contributed by atoms with Crippen LogP contribution in [0.5, 0.6) is 5.75 Å². The van der Waals surface area contributed by atoms with Gasteiger partial charge in [-0.25, -0.2) is 0 Å². The number of ether oxygens (including phenoxy) is 1. The van der Waals surface area contributed by atoms with Crippen molar-refractivity contribution < 1.29 is 9.53 Å². The molecule has 1 aromatic rings. The Hall–Kier alpha value is -3.05. The molecule has 4 rings (SSSR count). The molecule has 0 spiro atoms. The predicted octanol–water partition coefficient (Wildman–Crippen LogP) is 2.68. The summed E-state index contributed by atoms with van der Waals surface area (Å²) in [7, 11) is 1.64.